The van der Waals surface area contributed by atoms with Gasteiger partial charge < -0.3 is 5.32 Å². The molecule has 0 aliphatic rings. The van der Waals surface area contributed by atoms with Gasteiger partial charge in [-0.1, -0.05) is 25.1 Å². The summed E-state index contributed by atoms with van der Waals surface area (Å²) in [6.45, 7) is 1.86. The van der Waals surface area contributed by atoms with Gasteiger partial charge in [-0.2, -0.15) is 8.78 Å². The Morgan fingerprint density at radius 2 is 1.93 bits per heavy atom. The fourth-order valence-corrected chi connectivity index (χ4v) is 1.28. The highest BCUT2D eigenvalue weighted by atomic mass is 19.3. The molecule has 0 saturated heterocycles. The molecule has 1 aromatic carbocycles. The van der Waals surface area contributed by atoms with Crippen molar-refractivity contribution in [2.75, 3.05) is 13.1 Å². The van der Waals surface area contributed by atoms with Crippen LogP contribution in [-0.2, 0) is 5.92 Å². The molecule has 1 N–H and O–H groups in total. The van der Waals surface area contributed by atoms with E-state index in [1.807, 2.05) is 6.92 Å². The maximum Gasteiger partial charge on any atom is 0.288 e. The van der Waals surface area contributed by atoms with Crippen molar-refractivity contribution in [2.24, 2.45) is 0 Å². The summed E-state index contributed by atoms with van der Waals surface area (Å²) in [5.41, 5.74) is -0.548. The number of rotatable bonds is 5. The van der Waals surface area contributed by atoms with Gasteiger partial charge in [0.15, 0.2) is 0 Å². The van der Waals surface area contributed by atoms with Crippen LogP contribution in [0.5, 0.6) is 0 Å². The van der Waals surface area contributed by atoms with E-state index in [2.05, 4.69) is 5.32 Å². The van der Waals surface area contributed by atoms with E-state index in [0.29, 0.717) is 6.54 Å². The molecule has 0 atom stereocenters. The predicted octanol–water partition coefficient (Wildman–Crippen LogP) is 2.92. The van der Waals surface area contributed by atoms with Gasteiger partial charge in [-0.25, -0.2) is 4.39 Å². The van der Waals surface area contributed by atoms with Gasteiger partial charge in [0.1, 0.15) is 5.82 Å². The lowest BCUT2D eigenvalue weighted by atomic mass is 10.1. The molecule has 0 amide bonds. The van der Waals surface area contributed by atoms with Gasteiger partial charge >= 0.3 is 0 Å². The molecule has 0 bridgehead atoms. The van der Waals surface area contributed by atoms with Gasteiger partial charge in [-0.15, -0.1) is 0 Å². The summed E-state index contributed by atoms with van der Waals surface area (Å²) in [4.78, 5) is 0. The molecule has 0 aliphatic heterocycles. The highest BCUT2D eigenvalue weighted by molar-refractivity contribution is 5.22. The Kier molecular flexibility index (Phi) is 4.15. The molecule has 0 aromatic heterocycles. The molecule has 0 radical (unpaired) electrons. The molecule has 1 nitrogen and oxygen atoms in total. The van der Waals surface area contributed by atoms with Crippen molar-refractivity contribution < 1.29 is 13.2 Å². The summed E-state index contributed by atoms with van der Waals surface area (Å²) in [7, 11) is 0. The Morgan fingerprint density at radius 1 is 1.27 bits per heavy atom. The SMILES string of the molecule is CCCNCC(F)(F)c1ccccc1F. The van der Waals surface area contributed by atoms with Crippen molar-refractivity contribution in [3.63, 3.8) is 0 Å². The summed E-state index contributed by atoms with van der Waals surface area (Å²) in [5.74, 6) is -4.01. The highest BCUT2D eigenvalue weighted by Gasteiger charge is 2.33. The lowest BCUT2D eigenvalue weighted by molar-refractivity contribution is -0.00632. The Labute approximate surface area is 87.3 Å². The van der Waals surface area contributed by atoms with E-state index >= 15 is 0 Å². The van der Waals surface area contributed by atoms with Crippen LogP contribution in [0.1, 0.15) is 18.9 Å². The zero-order valence-electron chi connectivity index (χ0n) is 8.56. The van der Waals surface area contributed by atoms with Crippen LogP contribution in [-0.4, -0.2) is 13.1 Å². The van der Waals surface area contributed by atoms with Crippen LogP contribution >= 0.6 is 0 Å². The van der Waals surface area contributed by atoms with E-state index in [4.69, 9.17) is 0 Å². The van der Waals surface area contributed by atoms with E-state index in [0.717, 1.165) is 18.6 Å². The van der Waals surface area contributed by atoms with Gasteiger partial charge in [0, 0.05) is 0 Å². The summed E-state index contributed by atoms with van der Waals surface area (Å²) >= 11 is 0. The maximum atomic E-state index is 13.4. The van der Waals surface area contributed by atoms with Gasteiger partial charge in [-0.05, 0) is 19.0 Å². The first kappa shape index (κ1) is 12.0. The van der Waals surface area contributed by atoms with Crippen LogP contribution in [0.2, 0.25) is 0 Å². The largest absolute Gasteiger partial charge is 0.311 e. The fourth-order valence-electron chi connectivity index (χ4n) is 1.28. The molecule has 0 aliphatic carbocycles. The van der Waals surface area contributed by atoms with Crippen molar-refractivity contribution in [2.45, 2.75) is 19.3 Å². The molecule has 15 heavy (non-hydrogen) atoms. The zero-order chi connectivity index (χ0) is 11.3. The first-order valence-corrected chi connectivity index (χ1v) is 4.91. The van der Waals surface area contributed by atoms with E-state index < -0.39 is 23.8 Å². The smallest absolute Gasteiger partial charge is 0.288 e. The second kappa shape index (κ2) is 5.16. The molecule has 1 aromatic rings. The lowest BCUT2D eigenvalue weighted by Gasteiger charge is -2.17. The minimum Gasteiger partial charge on any atom is -0.311 e. The molecule has 0 spiro atoms. The van der Waals surface area contributed by atoms with Crippen molar-refractivity contribution >= 4 is 0 Å². The minimum absolute atomic E-state index is 0.504. The van der Waals surface area contributed by atoms with E-state index in [9.17, 15) is 13.2 Å². The maximum absolute atomic E-state index is 13.4. The van der Waals surface area contributed by atoms with Crippen molar-refractivity contribution in [1.82, 2.24) is 5.32 Å². The van der Waals surface area contributed by atoms with Crippen LogP contribution in [0, 0.1) is 5.82 Å². The monoisotopic (exact) mass is 217 g/mol. The van der Waals surface area contributed by atoms with Crippen molar-refractivity contribution in [3.8, 4) is 0 Å². The normalized spacial score (nSPS) is 11.7. The van der Waals surface area contributed by atoms with Crippen LogP contribution in [0.25, 0.3) is 0 Å². The summed E-state index contributed by atoms with van der Waals surface area (Å²) in [6, 6.07) is 4.96. The Balaban J connectivity index is 2.72. The molecule has 0 unspecified atom stereocenters. The lowest BCUT2D eigenvalue weighted by Crippen LogP contribution is -2.31. The topological polar surface area (TPSA) is 12.0 Å². The number of hydrogen-bond acceptors (Lipinski definition) is 1. The van der Waals surface area contributed by atoms with Gasteiger partial charge in [0.2, 0.25) is 0 Å². The van der Waals surface area contributed by atoms with Gasteiger partial charge in [0.25, 0.3) is 5.92 Å². The second-order valence-corrected chi connectivity index (χ2v) is 3.36. The number of halogens is 3. The number of nitrogens with one attached hydrogen (secondary N) is 1. The average Bonchev–Trinajstić information content (AvgIpc) is 2.18. The van der Waals surface area contributed by atoms with Crippen LogP contribution < -0.4 is 5.32 Å². The Morgan fingerprint density at radius 3 is 2.53 bits per heavy atom. The standard InChI is InChI=1S/C11H14F3N/c1-2-7-15-8-11(13,14)9-5-3-4-6-10(9)12/h3-6,15H,2,7-8H2,1H3. The van der Waals surface area contributed by atoms with E-state index in [1.54, 1.807) is 0 Å². The molecule has 0 saturated carbocycles. The Bertz CT molecular complexity index is 312. The molecular weight excluding hydrogens is 203 g/mol. The number of benzene rings is 1. The molecule has 0 fully saturated rings. The van der Waals surface area contributed by atoms with Crippen LogP contribution in [0.15, 0.2) is 24.3 Å². The third kappa shape index (κ3) is 3.23. The molecular formula is C11H14F3N. The molecule has 0 heterocycles. The summed E-state index contributed by atoms with van der Waals surface area (Å²) in [5, 5.41) is 2.58. The van der Waals surface area contributed by atoms with Crippen LogP contribution in [0.3, 0.4) is 0 Å². The minimum atomic E-state index is -3.15. The van der Waals surface area contributed by atoms with Crippen molar-refractivity contribution in [3.05, 3.63) is 35.6 Å². The third-order valence-electron chi connectivity index (χ3n) is 2.04. The fraction of sp³-hybridized carbons (Fsp3) is 0.455. The second-order valence-electron chi connectivity index (χ2n) is 3.36. The van der Waals surface area contributed by atoms with E-state index in [-0.39, 0.29) is 0 Å². The Hall–Kier alpha value is -1.03. The molecule has 84 valence electrons. The van der Waals surface area contributed by atoms with E-state index in [1.165, 1.54) is 12.1 Å². The first-order valence-electron chi connectivity index (χ1n) is 4.91. The van der Waals surface area contributed by atoms with Gasteiger partial charge in [-0.3, -0.25) is 0 Å². The summed E-state index contributed by atoms with van der Waals surface area (Å²) < 4.78 is 40.0. The number of alkyl halides is 2. The predicted molar refractivity (Wildman–Crippen MR) is 53.5 cm³/mol. The van der Waals surface area contributed by atoms with Crippen LogP contribution in [0.4, 0.5) is 13.2 Å². The molecule has 4 heteroatoms. The highest BCUT2D eigenvalue weighted by Crippen LogP contribution is 2.28. The molecule has 1 rings (SSSR count). The quantitative estimate of drug-likeness (QED) is 0.748. The average molecular weight is 217 g/mol. The van der Waals surface area contributed by atoms with Gasteiger partial charge in [0.05, 0.1) is 12.1 Å². The number of hydrogen-bond donors (Lipinski definition) is 1. The summed E-state index contributed by atoms with van der Waals surface area (Å²) in [6.07, 6.45) is 0.771. The van der Waals surface area contributed by atoms with Crippen molar-refractivity contribution in [1.29, 1.82) is 0 Å². The zero-order valence-corrected chi connectivity index (χ0v) is 8.56. The first-order chi connectivity index (χ1) is 7.08. The third-order valence-corrected chi connectivity index (χ3v) is 2.04.